The number of hydrogen-bond acceptors (Lipinski definition) is 2. The summed E-state index contributed by atoms with van der Waals surface area (Å²) in [5, 5.41) is 0. The number of methoxy groups -OCH3 is 1. The van der Waals surface area contributed by atoms with Gasteiger partial charge in [-0.2, -0.15) is 0 Å². The summed E-state index contributed by atoms with van der Waals surface area (Å²) >= 11 is 0. The van der Waals surface area contributed by atoms with Crippen LogP contribution in [0, 0.1) is 6.92 Å². The second-order valence-corrected chi connectivity index (χ2v) is 5.86. The summed E-state index contributed by atoms with van der Waals surface area (Å²) in [6, 6.07) is 14.3. The van der Waals surface area contributed by atoms with Crippen LogP contribution in [0.15, 0.2) is 42.5 Å². The van der Waals surface area contributed by atoms with Crippen LogP contribution in [-0.4, -0.2) is 24.5 Å². The zero-order valence-corrected chi connectivity index (χ0v) is 13.1. The quantitative estimate of drug-likeness (QED) is 0.870. The Morgan fingerprint density at radius 1 is 1.14 bits per heavy atom. The molecule has 0 aromatic heterocycles. The molecule has 0 N–H and O–H groups in total. The third-order valence-electron chi connectivity index (χ3n) is 4.25. The van der Waals surface area contributed by atoms with Crippen LogP contribution in [0.1, 0.15) is 22.3 Å². The lowest BCUT2D eigenvalue weighted by molar-refractivity contribution is -0.131. The molecule has 3 nitrogen and oxygen atoms in total. The Morgan fingerprint density at radius 3 is 2.64 bits per heavy atom. The van der Waals surface area contributed by atoms with Crippen molar-refractivity contribution in [2.24, 2.45) is 0 Å². The number of benzene rings is 2. The number of amides is 1. The number of carbonyl (C=O) groups is 1. The SMILES string of the molecule is COc1ccc2c(c1)CCN(C(=O)Cc1ccc(C)cc1)C2. The molecule has 0 bridgehead atoms. The van der Waals surface area contributed by atoms with Crippen molar-refractivity contribution in [2.75, 3.05) is 13.7 Å². The summed E-state index contributed by atoms with van der Waals surface area (Å²) in [7, 11) is 1.68. The van der Waals surface area contributed by atoms with Crippen LogP contribution in [-0.2, 0) is 24.2 Å². The predicted molar refractivity (Wildman–Crippen MR) is 87.0 cm³/mol. The number of fused-ring (bicyclic) bond motifs is 1. The smallest absolute Gasteiger partial charge is 0.227 e. The van der Waals surface area contributed by atoms with Crippen molar-refractivity contribution >= 4 is 5.91 Å². The monoisotopic (exact) mass is 295 g/mol. The van der Waals surface area contributed by atoms with Gasteiger partial charge in [-0.05, 0) is 42.2 Å². The van der Waals surface area contributed by atoms with Crippen molar-refractivity contribution in [3.05, 3.63) is 64.7 Å². The van der Waals surface area contributed by atoms with Crippen molar-refractivity contribution < 1.29 is 9.53 Å². The molecular weight excluding hydrogens is 274 g/mol. The fraction of sp³-hybridized carbons (Fsp3) is 0.316. The lowest BCUT2D eigenvalue weighted by atomic mass is 9.98. The third-order valence-corrected chi connectivity index (χ3v) is 4.25. The van der Waals surface area contributed by atoms with Gasteiger partial charge in [-0.25, -0.2) is 0 Å². The number of rotatable bonds is 3. The molecule has 3 heteroatoms. The van der Waals surface area contributed by atoms with E-state index in [0.717, 1.165) is 24.3 Å². The molecule has 1 amide bonds. The molecular formula is C19H21NO2. The molecule has 1 heterocycles. The molecule has 2 aromatic carbocycles. The molecule has 0 fully saturated rings. The second kappa shape index (κ2) is 6.22. The molecule has 0 unspecified atom stereocenters. The maximum absolute atomic E-state index is 12.5. The van der Waals surface area contributed by atoms with Gasteiger partial charge in [0.15, 0.2) is 0 Å². The summed E-state index contributed by atoms with van der Waals surface area (Å²) in [6.45, 7) is 3.54. The Bertz CT molecular complexity index is 676. The molecule has 3 rings (SSSR count). The Hall–Kier alpha value is -2.29. The van der Waals surface area contributed by atoms with Gasteiger partial charge >= 0.3 is 0 Å². The highest BCUT2D eigenvalue weighted by atomic mass is 16.5. The molecule has 0 atom stereocenters. The van der Waals surface area contributed by atoms with Crippen molar-refractivity contribution in [1.29, 1.82) is 0 Å². The minimum atomic E-state index is 0.199. The highest BCUT2D eigenvalue weighted by Crippen LogP contribution is 2.24. The molecule has 1 aliphatic rings. The molecule has 114 valence electrons. The van der Waals surface area contributed by atoms with Crippen molar-refractivity contribution in [1.82, 2.24) is 4.90 Å². The van der Waals surface area contributed by atoms with Gasteiger partial charge in [0.25, 0.3) is 0 Å². The lowest BCUT2D eigenvalue weighted by Crippen LogP contribution is -2.36. The van der Waals surface area contributed by atoms with Crippen molar-refractivity contribution in [2.45, 2.75) is 26.3 Å². The van der Waals surface area contributed by atoms with E-state index in [1.54, 1.807) is 7.11 Å². The summed E-state index contributed by atoms with van der Waals surface area (Å²) in [6.07, 6.45) is 1.37. The van der Waals surface area contributed by atoms with Crippen LogP contribution in [0.2, 0.25) is 0 Å². The summed E-state index contributed by atoms with van der Waals surface area (Å²) in [5.74, 6) is 1.09. The average Bonchev–Trinajstić information content (AvgIpc) is 2.56. The van der Waals surface area contributed by atoms with E-state index in [9.17, 15) is 4.79 Å². The van der Waals surface area contributed by atoms with Gasteiger partial charge in [0, 0.05) is 13.1 Å². The van der Waals surface area contributed by atoms with Gasteiger partial charge in [-0.15, -0.1) is 0 Å². The van der Waals surface area contributed by atoms with Crippen molar-refractivity contribution in [3.63, 3.8) is 0 Å². The zero-order chi connectivity index (χ0) is 15.5. The van der Waals surface area contributed by atoms with Crippen LogP contribution >= 0.6 is 0 Å². The minimum absolute atomic E-state index is 0.199. The van der Waals surface area contributed by atoms with E-state index >= 15 is 0 Å². The van der Waals surface area contributed by atoms with E-state index in [1.165, 1.54) is 16.7 Å². The average molecular weight is 295 g/mol. The van der Waals surface area contributed by atoms with Gasteiger partial charge in [0.05, 0.1) is 13.5 Å². The topological polar surface area (TPSA) is 29.5 Å². The van der Waals surface area contributed by atoms with Crippen LogP contribution in [0.25, 0.3) is 0 Å². The highest BCUT2D eigenvalue weighted by molar-refractivity contribution is 5.79. The minimum Gasteiger partial charge on any atom is -0.497 e. The molecule has 1 aliphatic heterocycles. The van der Waals surface area contributed by atoms with Gasteiger partial charge < -0.3 is 9.64 Å². The Balaban J connectivity index is 1.68. The molecule has 0 saturated heterocycles. The fourth-order valence-electron chi connectivity index (χ4n) is 2.86. The number of ether oxygens (including phenoxy) is 1. The van der Waals surface area contributed by atoms with E-state index < -0.39 is 0 Å². The van der Waals surface area contributed by atoms with Gasteiger partial charge in [-0.1, -0.05) is 35.9 Å². The first kappa shape index (κ1) is 14.6. The number of carbonyl (C=O) groups excluding carboxylic acids is 1. The molecule has 0 radical (unpaired) electrons. The first-order valence-corrected chi connectivity index (χ1v) is 7.65. The molecule has 22 heavy (non-hydrogen) atoms. The Kier molecular flexibility index (Phi) is 4.14. The van der Waals surface area contributed by atoms with E-state index in [0.29, 0.717) is 13.0 Å². The van der Waals surface area contributed by atoms with E-state index in [-0.39, 0.29) is 5.91 Å². The number of nitrogens with zero attached hydrogens (tertiary/aromatic N) is 1. The maximum Gasteiger partial charge on any atom is 0.227 e. The van der Waals surface area contributed by atoms with E-state index in [4.69, 9.17) is 4.74 Å². The van der Waals surface area contributed by atoms with Crippen molar-refractivity contribution in [3.8, 4) is 5.75 Å². The number of hydrogen-bond donors (Lipinski definition) is 0. The van der Waals surface area contributed by atoms with Crippen LogP contribution < -0.4 is 4.74 Å². The fourth-order valence-corrected chi connectivity index (χ4v) is 2.86. The molecule has 0 saturated carbocycles. The summed E-state index contributed by atoms with van der Waals surface area (Å²) in [5.41, 5.74) is 4.82. The van der Waals surface area contributed by atoms with Gasteiger partial charge in [0.1, 0.15) is 5.75 Å². The Labute approximate surface area is 131 Å². The third kappa shape index (κ3) is 3.14. The Morgan fingerprint density at radius 2 is 1.91 bits per heavy atom. The maximum atomic E-state index is 12.5. The summed E-state index contributed by atoms with van der Waals surface area (Å²) in [4.78, 5) is 14.4. The van der Waals surface area contributed by atoms with E-state index in [1.807, 2.05) is 23.1 Å². The zero-order valence-electron chi connectivity index (χ0n) is 13.1. The molecule has 0 spiro atoms. The van der Waals surface area contributed by atoms with Crippen LogP contribution in [0.5, 0.6) is 5.75 Å². The standard InChI is InChI=1S/C19H21NO2/c1-14-3-5-15(6-4-14)11-19(21)20-10-9-16-12-18(22-2)8-7-17(16)13-20/h3-8,12H,9-11,13H2,1-2H3. The lowest BCUT2D eigenvalue weighted by Gasteiger charge is -2.29. The van der Waals surface area contributed by atoms with Crippen LogP contribution in [0.4, 0.5) is 0 Å². The molecule has 0 aliphatic carbocycles. The van der Waals surface area contributed by atoms with E-state index in [2.05, 4.69) is 31.2 Å². The van der Waals surface area contributed by atoms with Crippen LogP contribution in [0.3, 0.4) is 0 Å². The summed E-state index contributed by atoms with van der Waals surface area (Å²) < 4.78 is 5.26. The van der Waals surface area contributed by atoms with Gasteiger partial charge in [-0.3, -0.25) is 4.79 Å². The normalized spacial score (nSPS) is 13.6. The predicted octanol–water partition coefficient (Wildman–Crippen LogP) is 3.13. The first-order valence-electron chi connectivity index (χ1n) is 7.65. The molecule has 2 aromatic rings. The number of aryl methyl sites for hydroxylation is 1. The second-order valence-electron chi connectivity index (χ2n) is 5.86. The van der Waals surface area contributed by atoms with Gasteiger partial charge in [0.2, 0.25) is 5.91 Å². The highest BCUT2D eigenvalue weighted by Gasteiger charge is 2.21. The largest absolute Gasteiger partial charge is 0.497 e. The first-order chi connectivity index (χ1) is 10.7.